The van der Waals surface area contributed by atoms with E-state index in [4.69, 9.17) is 4.74 Å². The minimum Gasteiger partial charge on any atom is -0.504 e. The SMILES string of the molecule is CO/C=C\c1ccc([N+](=O)[O-])cc1. The predicted octanol–water partition coefficient (Wildman–Crippen LogP) is 2.21. The standard InChI is InChI=1S/C9H9NO3/c1-13-7-6-8-2-4-9(5-3-8)10(11)12/h2-7H,1H3/b7-6-. The van der Waals surface area contributed by atoms with Gasteiger partial charge in [0.05, 0.1) is 18.3 Å². The Hall–Kier alpha value is -1.84. The normalized spacial score (nSPS) is 10.2. The average Bonchev–Trinajstić information content (AvgIpc) is 2.15. The summed E-state index contributed by atoms with van der Waals surface area (Å²) < 4.78 is 4.71. The number of ether oxygens (including phenoxy) is 1. The second kappa shape index (κ2) is 4.25. The van der Waals surface area contributed by atoms with Crippen LogP contribution in [0, 0.1) is 10.1 Å². The molecule has 4 nitrogen and oxygen atoms in total. The highest BCUT2D eigenvalue weighted by Gasteiger charge is 2.01. The molecule has 0 heterocycles. The number of nitro groups is 1. The molecule has 0 aliphatic rings. The summed E-state index contributed by atoms with van der Waals surface area (Å²) >= 11 is 0. The van der Waals surface area contributed by atoms with Gasteiger partial charge in [-0.05, 0) is 23.8 Å². The second-order valence-electron chi connectivity index (χ2n) is 2.39. The third-order valence-corrected chi connectivity index (χ3v) is 1.50. The van der Waals surface area contributed by atoms with Crippen molar-refractivity contribution in [1.29, 1.82) is 0 Å². The Bertz CT molecular complexity index is 316. The van der Waals surface area contributed by atoms with Crippen molar-refractivity contribution in [2.75, 3.05) is 7.11 Å². The summed E-state index contributed by atoms with van der Waals surface area (Å²) in [5.74, 6) is 0. The zero-order valence-electron chi connectivity index (χ0n) is 7.14. The fraction of sp³-hybridized carbons (Fsp3) is 0.111. The highest BCUT2D eigenvalue weighted by atomic mass is 16.6. The number of benzene rings is 1. The Balaban J connectivity index is 2.81. The molecule has 0 atom stereocenters. The van der Waals surface area contributed by atoms with Crippen molar-refractivity contribution in [3.63, 3.8) is 0 Å². The summed E-state index contributed by atoms with van der Waals surface area (Å²) in [7, 11) is 1.54. The molecule has 1 aromatic carbocycles. The maximum atomic E-state index is 10.3. The molecule has 0 N–H and O–H groups in total. The number of methoxy groups -OCH3 is 1. The van der Waals surface area contributed by atoms with Crippen molar-refractivity contribution in [3.8, 4) is 0 Å². The molecule has 0 aliphatic carbocycles. The van der Waals surface area contributed by atoms with Crippen LogP contribution in [-0.2, 0) is 4.74 Å². The molecule has 1 aromatic rings. The summed E-state index contributed by atoms with van der Waals surface area (Å²) in [6.07, 6.45) is 3.24. The van der Waals surface area contributed by atoms with Crippen molar-refractivity contribution in [3.05, 3.63) is 46.2 Å². The fourth-order valence-corrected chi connectivity index (χ4v) is 0.854. The number of nitrogens with zero attached hydrogens (tertiary/aromatic N) is 1. The second-order valence-corrected chi connectivity index (χ2v) is 2.39. The number of nitro benzene ring substituents is 1. The molecule has 0 saturated heterocycles. The molecule has 0 saturated carbocycles. The molecule has 0 unspecified atom stereocenters. The Morgan fingerprint density at radius 3 is 2.46 bits per heavy atom. The lowest BCUT2D eigenvalue weighted by Crippen LogP contribution is -1.86. The summed E-state index contributed by atoms with van der Waals surface area (Å²) in [6, 6.07) is 6.23. The lowest BCUT2D eigenvalue weighted by atomic mass is 10.2. The van der Waals surface area contributed by atoms with Crippen LogP contribution < -0.4 is 0 Å². The molecule has 0 spiro atoms. The zero-order valence-corrected chi connectivity index (χ0v) is 7.14. The van der Waals surface area contributed by atoms with E-state index in [2.05, 4.69) is 0 Å². The van der Waals surface area contributed by atoms with Crippen LogP contribution in [0.3, 0.4) is 0 Å². The first kappa shape index (κ1) is 9.25. The van der Waals surface area contributed by atoms with E-state index in [1.54, 1.807) is 25.3 Å². The van der Waals surface area contributed by atoms with Gasteiger partial charge in [-0.2, -0.15) is 0 Å². The molecule has 0 fully saturated rings. The van der Waals surface area contributed by atoms with Gasteiger partial charge in [-0.3, -0.25) is 10.1 Å². The van der Waals surface area contributed by atoms with Crippen LogP contribution in [0.5, 0.6) is 0 Å². The monoisotopic (exact) mass is 179 g/mol. The molecule has 4 heteroatoms. The molecule has 0 bridgehead atoms. The van der Waals surface area contributed by atoms with Gasteiger partial charge in [0.1, 0.15) is 0 Å². The molecule has 13 heavy (non-hydrogen) atoms. The molecule has 0 aliphatic heterocycles. The lowest BCUT2D eigenvalue weighted by Gasteiger charge is -1.93. The van der Waals surface area contributed by atoms with Gasteiger partial charge in [0.15, 0.2) is 0 Å². The Kier molecular flexibility index (Phi) is 3.03. The molecule has 0 amide bonds. The Labute approximate surface area is 75.6 Å². The van der Waals surface area contributed by atoms with Gasteiger partial charge in [0, 0.05) is 12.1 Å². The number of rotatable bonds is 3. The highest BCUT2D eigenvalue weighted by Crippen LogP contribution is 2.12. The average molecular weight is 179 g/mol. The van der Waals surface area contributed by atoms with Gasteiger partial charge < -0.3 is 4.74 Å². The van der Waals surface area contributed by atoms with E-state index in [1.165, 1.54) is 18.4 Å². The lowest BCUT2D eigenvalue weighted by molar-refractivity contribution is -0.384. The molecule has 1 rings (SSSR count). The van der Waals surface area contributed by atoms with E-state index in [0.717, 1.165) is 5.56 Å². The van der Waals surface area contributed by atoms with Crippen LogP contribution >= 0.6 is 0 Å². The van der Waals surface area contributed by atoms with E-state index < -0.39 is 4.92 Å². The van der Waals surface area contributed by atoms with Crippen LogP contribution in [-0.4, -0.2) is 12.0 Å². The van der Waals surface area contributed by atoms with Crippen LogP contribution in [0.1, 0.15) is 5.56 Å². The molecule has 68 valence electrons. The van der Waals surface area contributed by atoms with Gasteiger partial charge >= 0.3 is 0 Å². The van der Waals surface area contributed by atoms with Crippen LogP contribution in [0.15, 0.2) is 30.5 Å². The van der Waals surface area contributed by atoms with Gasteiger partial charge in [0.2, 0.25) is 0 Å². The van der Waals surface area contributed by atoms with Crippen molar-refractivity contribution in [2.45, 2.75) is 0 Å². The maximum absolute atomic E-state index is 10.3. The first-order chi connectivity index (χ1) is 6.24. The Morgan fingerprint density at radius 1 is 1.38 bits per heavy atom. The van der Waals surface area contributed by atoms with Crippen LogP contribution in [0.2, 0.25) is 0 Å². The van der Waals surface area contributed by atoms with Crippen molar-refractivity contribution >= 4 is 11.8 Å². The minimum atomic E-state index is -0.427. The van der Waals surface area contributed by atoms with Gasteiger partial charge in [0.25, 0.3) is 5.69 Å². The van der Waals surface area contributed by atoms with Crippen molar-refractivity contribution < 1.29 is 9.66 Å². The smallest absolute Gasteiger partial charge is 0.269 e. The van der Waals surface area contributed by atoms with E-state index in [9.17, 15) is 10.1 Å². The molecule has 0 aromatic heterocycles. The highest BCUT2D eigenvalue weighted by molar-refractivity contribution is 5.50. The molecular weight excluding hydrogens is 170 g/mol. The summed E-state index contributed by atoms with van der Waals surface area (Å²) in [5, 5.41) is 10.3. The van der Waals surface area contributed by atoms with Gasteiger partial charge in [-0.1, -0.05) is 0 Å². The maximum Gasteiger partial charge on any atom is 0.269 e. The van der Waals surface area contributed by atoms with Gasteiger partial charge in [-0.15, -0.1) is 0 Å². The van der Waals surface area contributed by atoms with Crippen LogP contribution in [0.25, 0.3) is 6.08 Å². The predicted molar refractivity (Wildman–Crippen MR) is 49.1 cm³/mol. The van der Waals surface area contributed by atoms with Crippen molar-refractivity contribution in [2.24, 2.45) is 0 Å². The number of hydrogen-bond donors (Lipinski definition) is 0. The van der Waals surface area contributed by atoms with E-state index in [0.29, 0.717) is 0 Å². The fourth-order valence-electron chi connectivity index (χ4n) is 0.854. The largest absolute Gasteiger partial charge is 0.504 e. The summed E-state index contributed by atoms with van der Waals surface area (Å²) in [5.41, 5.74) is 0.960. The molecular formula is C9H9NO3. The van der Waals surface area contributed by atoms with E-state index >= 15 is 0 Å². The first-order valence-corrected chi connectivity index (χ1v) is 3.68. The minimum absolute atomic E-state index is 0.0922. The van der Waals surface area contributed by atoms with Crippen LogP contribution in [0.4, 0.5) is 5.69 Å². The van der Waals surface area contributed by atoms with E-state index in [1.807, 2.05) is 0 Å². The molecule has 0 radical (unpaired) electrons. The summed E-state index contributed by atoms with van der Waals surface area (Å²) in [4.78, 5) is 9.86. The van der Waals surface area contributed by atoms with Crippen molar-refractivity contribution in [1.82, 2.24) is 0 Å². The van der Waals surface area contributed by atoms with E-state index in [-0.39, 0.29) is 5.69 Å². The number of hydrogen-bond acceptors (Lipinski definition) is 3. The quantitative estimate of drug-likeness (QED) is 0.406. The third kappa shape index (κ3) is 2.59. The summed E-state index contributed by atoms with van der Waals surface area (Å²) in [6.45, 7) is 0. The third-order valence-electron chi connectivity index (χ3n) is 1.50. The zero-order chi connectivity index (χ0) is 9.68. The first-order valence-electron chi connectivity index (χ1n) is 3.68. The number of non-ortho nitro benzene ring substituents is 1. The van der Waals surface area contributed by atoms with Gasteiger partial charge in [-0.25, -0.2) is 0 Å². The topological polar surface area (TPSA) is 52.4 Å². The Morgan fingerprint density at radius 2 is 2.00 bits per heavy atom.